The lowest BCUT2D eigenvalue weighted by atomic mass is 10.0. The Morgan fingerprint density at radius 3 is 2.52 bits per heavy atom. The topological polar surface area (TPSA) is 28.7 Å². The highest BCUT2D eigenvalue weighted by Crippen LogP contribution is 2.29. The first-order valence-corrected chi connectivity index (χ1v) is 7.44. The lowest BCUT2D eigenvalue weighted by molar-refractivity contribution is 0.846. The fraction of sp³-hybridized carbons (Fsp3) is 0.0952. The van der Waals surface area contributed by atoms with Crippen LogP contribution in [-0.4, -0.2) is 4.57 Å². The molecular formula is C21H16N2. The largest absolute Gasteiger partial charge is 0.333 e. The second-order valence-corrected chi connectivity index (χ2v) is 5.34. The summed E-state index contributed by atoms with van der Waals surface area (Å²) in [4.78, 5) is 0. The second-order valence-electron chi connectivity index (χ2n) is 5.34. The fourth-order valence-corrected chi connectivity index (χ4v) is 2.88. The summed E-state index contributed by atoms with van der Waals surface area (Å²) < 4.78 is 2.11. The quantitative estimate of drug-likeness (QED) is 0.511. The van der Waals surface area contributed by atoms with Gasteiger partial charge in [-0.2, -0.15) is 5.26 Å². The van der Waals surface area contributed by atoms with Crippen molar-refractivity contribution in [2.75, 3.05) is 0 Å². The monoisotopic (exact) mass is 296 g/mol. The standard InChI is InChI=1S/C21H16N2/c1-3-13-23-16(2)20(19-11-7-8-12-21(19)23)14-18(15-22)17-9-5-4-6-10-17/h1,4-12,14H,13H2,2H3/b18-14+. The van der Waals surface area contributed by atoms with Crippen LogP contribution in [0.2, 0.25) is 0 Å². The van der Waals surface area contributed by atoms with Gasteiger partial charge in [-0.15, -0.1) is 6.42 Å². The van der Waals surface area contributed by atoms with Gasteiger partial charge >= 0.3 is 0 Å². The summed E-state index contributed by atoms with van der Waals surface area (Å²) in [7, 11) is 0. The van der Waals surface area contributed by atoms with E-state index in [0.29, 0.717) is 12.1 Å². The fourth-order valence-electron chi connectivity index (χ4n) is 2.88. The molecule has 1 aromatic heterocycles. The van der Waals surface area contributed by atoms with E-state index in [1.165, 1.54) is 0 Å². The van der Waals surface area contributed by atoms with Crippen molar-refractivity contribution in [3.63, 3.8) is 0 Å². The third kappa shape index (κ3) is 2.63. The molecule has 0 amide bonds. The Balaban J connectivity index is 2.25. The minimum atomic E-state index is 0.521. The van der Waals surface area contributed by atoms with Gasteiger partial charge in [0.15, 0.2) is 0 Å². The smallest absolute Gasteiger partial charge is 0.0998 e. The molecule has 0 spiro atoms. The first-order chi connectivity index (χ1) is 11.3. The van der Waals surface area contributed by atoms with E-state index in [1.54, 1.807) is 0 Å². The van der Waals surface area contributed by atoms with Gasteiger partial charge in [-0.1, -0.05) is 54.5 Å². The molecule has 0 saturated heterocycles. The molecule has 23 heavy (non-hydrogen) atoms. The van der Waals surface area contributed by atoms with Crippen molar-refractivity contribution in [3.05, 3.63) is 71.4 Å². The van der Waals surface area contributed by atoms with Gasteiger partial charge in [0.05, 0.1) is 18.2 Å². The number of para-hydroxylation sites is 1. The van der Waals surface area contributed by atoms with Crippen molar-refractivity contribution < 1.29 is 0 Å². The molecule has 0 aliphatic heterocycles. The van der Waals surface area contributed by atoms with Crippen molar-refractivity contribution in [1.82, 2.24) is 4.57 Å². The molecule has 2 heteroatoms. The Morgan fingerprint density at radius 2 is 1.83 bits per heavy atom. The lowest BCUT2D eigenvalue weighted by Crippen LogP contribution is -1.97. The molecule has 0 atom stereocenters. The van der Waals surface area contributed by atoms with Crippen LogP contribution in [0.15, 0.2) is 54.6 Å². The predicted octanol–water partition coefficient (Wildman–Crippen LogP) is 4.65. The highest BCUT2D eigenvalue weighted by atomic mass is 15.0. The highest BCUT2D eigenvalue weighted by molar-refractivity contribution is 5.99. The Kier molecular flexibility index (Phi) is 4.00. The zero-order chi connectivity index (χ0) is 16.2. The van der Waals surface area contributed by atoms with E-state index in [0.717, 1.165) is 27.7 Å². The van der Waals surface area contributed by atoms with Crippen LogP contribution >= 0.6 is 0 Å². The molecule has 0 aliphatic carbocycles. The third-order valence-electron chi connectivity index (χ3n) is 4.02. The van der Waals surface area contributed by atoms with E-state index in [9.17, 15) is 5.26 Å². The van der Waals surface area contributed by atoms with Gasteiger partial charge in [0.1, 0.15) is 0 Å². The first-order valence-electron chi connectivity index (χ1n) is 7.44. The number of nitrogens with zero attached hydrogens (tertiary/aromatic N) is 2. The normalized spacial score (nSPS) is 11.2. The second kappa shape index (κ2) is 6.26. The molecule has 3 rings (SSSR count). The molecule has 0 unspecified atom stereocenters. The van der Waals surface area contributed by atoms with Crippen molar-refractivity contribution in [3.8, 4) is 18.4 Å². The summed E-state index contributed by atoms with van der Waals surface area (Å²) in [6, 6.07) is 20.2. The minimum absolute atomic E-state index is 0.521. The molecule has 2 aromatic carbocycles. The van der Waals surface area contributed by atoms with Crippen molar-refractivity contribution >= 4 is 22.6 Å². The molecule has 0 bridgehead atoms. The maximum Gasteiger partial charge on any atom is 0.0998 e. The SMILES string of the molecule is C#CCn1c(C)c(/C=C(\C#N)c2ccccc2)c2ccccc21. The summed E-state index contributed by atoms with van der Waals surface area (Å²) in [6.45, 7) is 2.57. The molecule has 3 aromatic rings. The Bertz CT molecular complexity index is 961. The molecule has 2 nitrogen and oxygen atoms in total. The van der Waals surface area contributed by atoms with Crippen LogP contribution in [0.5, 0.6) is 0 Å². The Hall–Kier alpha value is -3.23. The van der Waals surface area contributed by atoms with Crippen LogP contribution in [0.1, 0.15) is 16.8 Å². The van der Waals surface area contributed by atoms with Gasteiger partial charge < -0.3 is 4.57 Å². The molecule has 1 heterocycles. The molecule has 0 aliphatic rings. The van der Waals surface area contributed by atoms with Crippen LogP contribution in [-0.2, 0) is 6.54 Å². The number of hydrogen-bond acceptors (Lipinski definition) is 1. The van der Waals surface area contributed by atoms with Crippen molar-refractivity contribution in [1.29, 1.82) is 5.26 Å². The van der Waals surface area contributed by atoms with Crippen LogP contribution in [0.4, 0.5) is 0 Å². The lowest BCUT2D eigenvalue weighted by Gasteiger charge is -2.03. The number of benzene rings is 2. The van der Waals surface area contributed by atoms with E-state index in [2.05, 4.69) is 28.7 Å². The molecule has 110 valence electrons. The third-order valence-corrected chi connectivity index (χ3v) is 4.02. The average Bonchev–Trinajstić information content (AvgIpc) is 2.86. The summed E-state index contributed by atoms with van der Waals surface area (Å²) in [5, 5.41) is 10.7. The first kappa shape index (κ1) is 14.7. The number of rotatable bonds is 3. The van der Waals surface area contributed by atoms with E-state index in [4.69, 9.17) is 6.42 Å². The maximum atomic E-state index is 9.56. The molecular weight excluding hydrogens is 280 g/mol. The van der Waals surface area contributed by atoms with Crippen molar-refractivity contribution in [2.24, 2.45) is 0 Å². The zero-order valence-corrected chi connectivity index (χ0v) is 13.0. The maximum absolute atomic E-state index is 9.56. The van der Waals surface area contributed by atoms with E-state index in [1.807, 2.05) is 55.5 Å². The highest BCUT2D eigenvalue weighted by Gasteiger charge is 2.12. The van der Waals surface area contributed by atoms with Crippen LogP contribution in [0, 0.1) is 30.6 Å². The number of nitriles is 1. The van der Waals surface area contributed by atoms with Gasteiger partial charge in [-0.3, -0.25) is 0 Å². The summed E-state index contributed by atoms with van der Waals surface area (Å²) >= 11 is 0. The van der Waals surface area contributed by atoms with Gasteiger partial charge in [0.2, 0.25) is 0 Å². The van der Waals surface area contributed by atoms with Crippen molar-refractivity contribution in [2.45, 2.75) is 13.5 Å². The number of terminal acetylenes is 1. The number of allylic oxidation sites excluding steroid dienone is 1. The van der Waals surface area contributed by atoms with E-state index >= 15 is 0 Å². The number of hydrogen-bond donors (Lipinski definition) is 0. The summed E-state index contributed by atoms with van der Waals surface area (Å²) in [5.74, 6) is 2.71. The minimum Gasteiger partial charge on any atom is -0.333 e. The van der Waals surface area contributed by atoms with Gasteiger partial charge in [0.25, 0.3) is 0 Å². The van der Waals surface area contributed by atoms with Gasteiger partial charge in [0, 0.05) is 22.2 Å². The molecule has 0 radical (unpaired) electrons. The van der Waals surface area contributed by atoms with E-state index < -0.39 is 0 Å². The molecule has 0 saturated carbocycles. The van der Waals surface area contributed by atoms with Gasteiger partial charge in [-0.05, 0) is 24.6 Å². The summed E-state index contributed by atoms with van der Waals surface area (Å²) in [5.41, 5.74) is 4.80. The Morgan fingerprint density at radius 1 is 1.13 bits per heavy atom. The molecule has 0 N–H and O–H groups in total. The summed E-state index contributed by atoms with van der Waals surface area (Å²) in [6.07, 6.45) is 7.47. The Labute approximate surface area is 136 Å². The van der Waals surface area contributed by atoms with Crippen LogP contribution in [0.25, 0.3) is 22.6 Å². The number of aromatic nitrogens is 1. The van der Waals surface area contributed by atoms with Gasteiger partial charge in [-0.25, -0.2) is 0 Å². The zero-order valence-electron chi connectivity index (χ0n) is 13.0. The van der Waals surface area contributed by atoms with Crippen LogP contribution in [0.3, 0.4) is 0 Å². The average molecular weight is 296 g/mol. The predicted molar refractivity (Wildman–Crippen MR) is 95.4 cm³/mol. The van der Waals surface area contributed by atoms with Crippen LogP contribution < -0.4 is 0 Å². The number of fused-ring (bicyclic) bond motifs is 1. The van der Waals surface area contributed by atoms with E-state index in [-0.39, 0.29) is 0 Å². The molecule has 0 fully saturated rings.